The molecule has 0 unspecified atom stereocenters. The third kappa shape index (κ3) is 4.94. The fourth-order valence-electron chi connectivity index (χ4n) is 3.38. The molecule has 0 aromatic heterocycles. The number of benzene rings is 2. The van der Waals surface area contributed by atoms with E-state index in [9.17, 15) is 23.3 Å². The molecule has 1 aliphatic rings. The molecule has 0 spiro atoms. The Labute approximate surface area is 180 Å². The zero-order chi connectivity index (χ0) is 22.6. The van der Waals surface area contributed by atoms with Crippen LogP contribution in [0.15, 0.2) is 53.4 Å². The van der Waals surface area contributed by atoms with Crippen molar-refractivity contribution in [2.75, 3.05) is 51.8 Å². The van der Waals surface area contributed by atoms with Gasteiger partial charge in [-0.15, -0.1) is 0 Å². The third-order valence-corrected chi connectivity index (χ3v) is 7.04. The summed E-state index contributed by atoms with van der Waals surface area (Å²) in [6, 6.07) is 13.1. The number of carbonyl (C=O) groups is 1. The second-order valence-corrected chi connectivity index (χ2v) is 9.01. The van der Waals surface area contributed by atoms with Crippen LogP contribution in [-0.2, 0) is 14.8 Å². The van der Waals surface area contributed by atoms with Crippen molar-refractivity contribution < 1.29 is 22.9 Å². The minimum atomic E-state index is -3.93. The molecule has 1 fully saturated rings. The van der Waals surface area contributed by atoms with Gasteiger partial charge in [0.2, 0.25) is 15.9 Å². The molecular weight excluding hydrogens is 424 g/mol. The van der Waals surface area contributed by atoms with Crippen molar-refractivity contribution in [1.29, 1.82) is 0 Å². The van der Waals surface area contributed by atoms with Crippen LogP contribution in [0, 0.1) is 10.1 Å². The predicted octanol–water partition coefficient (Wildman–Crippen LogP) is 1.57. The molecule has 1 amide bonds. The van der Waals surface area contributed by atoms with Gasteiger partial charge in [0.1, 0.15) is 0 Å². The Hall–Kier alpha value is -3.18. The van der Waals surface area contributed by atoms with Crippen LogP contribution in [0.2, 0.25) is 0 Å². The minimum absolute atomic E-state index is 0.0121. The molecule has 11 heteroatoms. The van der Waals surface area contributed by atoms with Crippen LogP contribution in [0.5, 0.6) is 5.75 Å². The molecule has 0 aliphatic carbocycles. The molecular formula is C20H24N4O6S. The average Bonchev–Trinajstić information content (AvgIpc) is 2.79. The van der Waals surface area contributed by atoms with E-state index in [0.29, 0.717) is 0 Å². The molecule has 1 heterocycles. The van der Waals surface area contributed by atoms with Crippen LogP contribution < -0.4 is 9.64 Å². The molecule has 1 aliphatic heterocycles. The van der Waals surface area contributed by atoms with E-state index >= 15 is 0 Å². The van der Waals surface area contributed by atoms with Crippen LogP contribution in [0.25, 0.3) is 0 Å². The molecule has 0 bridgehead atoms. The Bertz CT molecular complexity index is 1050. The highest BCUT2D eigenvalue weighted by molar-refractivity contribution is 7.89. The molecule has 1 saturated heterocycles. The number of nitrogens with zero attached hydrogens (tertiary/aromatic N) is 4. The summed E-state index contributed by atoms with van der Waals surface area (Å²) in [5.41, 5.74) is 0.500. The molecule has 0 radical (unpaired) electrons. The number of likely N-dealkylation sites (N-methyl/N-ethyl adjacent to an activating group) is 1. The first kappa shape index (κ1) is 22.5. The number of sulfonamides is 1. The Morgan fingerprint density at radius 1 is 1.13 bits per heavy atom. The summed E-state index contributed by atoms with van der Waals surface area (Å²) in [6.45, 7) is 0.908. The van der Waals surface area contributed by atoms with Gasteiger partial charge in [-0.2, -0.15) is 4.31 Å². The number of ether oxygens (including phenoxy) is 1. The largest absolute Gasteiger partial charge is 0.490 e. The Morgan fingerprint density at radius 3 is 2.35 bits per heavy atom. The number of nitro groups is 1. The van der Waals surface area contributed by atoms with E-state index in [1.54, 1.807) is 4.90 Å². The summed E-state index contributed by atoms with van der Waals surface area (Å²) < 4.78 is 32.1. The Balaban J connectivity index is 1.65. The number of hydrogen-bond donors (Lipinski definition) is 0. The van der Waals surface area contributed by atoms with Gasteiger partial charge < -0.3 is 14.5 Å². The minimum Gasteiger partial charge on any atom is -0.490 e. The van der Waals surface area contributed by atoms with Crippen LogP contribution in [-0.4, -0.2) is 75.3 Å². The maximum atomic E-state index is 13.0. The number of nitro benzene ring substituents is 1. The monoisotopic (exact) mass is 448 g/mol. The van der Waals surface area contributed by atoms with E-state index < -0.39 is 20.6 Å². The molecule has 0 N–H and O–H groups in total. The lowest BCUT2D eigenvalue weighted by Gasteiger charge is -2.35. The van der Waals surface area contributed by atoms with Gasteiger partial charge in [-0.05, 0) is 24.3 Å². The molecule has 2 aromatic carbocycles. The zero-order valence-electron chi connectivity index (χ0n) is 17.3. The highest BCUT2D eigenvalue weighted by Gasteiger charge is 2.32. The highest BCUT2D eigenvalue weighted by Crippen LogP contribution is 2.30. The van der Waals surface area contributed by atoms with Gasteiger partial charge in [-0.3, -0.25) is 14.9 Å². The van der Waals surface area contributed by atoms with E-state index in [4.69, 9.17) is 4.74 Å². The predicted molar refractivity (Wildman–Crippen MR) is 115 cm³/mol. The van der Waals surface area contributed by atoms with Gasteiger partial charge in [-0.1, -0.05) is 18.2 Å². The third-order valence-electron chi connectivity index (χ3n) is 5.15. The van der Waals surface area contributed by atoms with Gasteiger partial charge in [0.15, 0.2) is 5.75 Å². The number of amides is 1. The number of rotatable bonds is 7. The number of methoxy groups -OCH3 is 1. The van der Waals surface area contributed by atoms with E-state index in [-0.39, 0.29) is 49.3 Å². The quantitative estimate of drug-likeness (QED) is 0.467. The smallest absolute Gasteiger partial charge is 0.312 e. The van der Waals surface area contributed by atoms with Gasteiger partial charge in [0.05, 0.1) is 23.5 Å². The fraction of sp³-hybridized carbons (Fsp3) is 0.350. The van der Waals surface area contributed by atoms with Crippen molar-refractivity contribution in [2.45, 2.75) is 4.90 Å². The summed E-state index contributed by atoms with van der Waals surface area (Å²) in [6.07, 6.45) is 0. The van der Waals surface area contributed by atoms with Gasteiger partial charge in [0, 0.05) is 45.0 Å². The highest BCUT2D eigenvalue weighted by atomic mass is 32.2. The molecule has 31 heavy (non-hydrogen) atoms. The lowest BCUT2D eigenvalue weighted by molar-refractivity contribution is -0.386. The fourth-order valence-corrected chi connectivity index (χ4v) is 4.82. The number of para-hydroxylation sites is 1. The SMILES string of the molecule is COc1ccc(S(=O)(=O)N2CCN(C(=O)CN(C)c3ccccc3)CC2)cc1[N+](=O)[O-]. The van der Waals surface area contributed by atoms with Crippen LogP contribution in [0.1, 0.15) is 0 Å². The molecule has 10 nitrogen and oxygen atoms in total. The molecule has 0 saturated carbocycles. The van der Waals surface area contributed by atoms with Crippen molar-refractivity contribution in [1.82, 2.24) is 9.21 Å². The Morgan fingerprint density at radius 2 is 1.77 bits per heavy atom. The zero-order valence-corrected chi connectivity index (χ0v) is 18.1. The maximum Gasteiger partial charge on any atom is 0.312 e. The summed E-state index contributed by atoms with van der Waals surface area (Å²) in [5.74, 6) is -0.106. The normalized spacial score (nSPS) is 14.8. The van der Waals surface area contributed by atoms with E-state index in [2.05, 4.69) is 0 Å². The molecule has 0 atom stereocenters. The summed E-state index contributed by atoms with van der Waals surface area (Å²) in [5, 5.41) is 11.2. The Kier molecular flexibility index (Phi) is 6.76. The average molecular weight is 449 g/mol. The summed E-state index contributed by atoms with van der Waals surface area (Å²) in [4.78, 5) is 26.4. The first-order chi connectivity index (χ1) is 14.7. The lowest BCUT2D eigenvalue weighted by Crippen LogP contribution is -2.52. The number of carbonyl (C=O) groups excluding carboxylic acids is 1. The van der Waals surface area contributed by atoms with Crippen LogP contribution in [0.4, 0.5) is 11.4 Å². The van der Waals surface area contributed by atoms with Crippen molar-refractivity contribution in [3.05, 3.63) is 58.6 Å². The molecule has 3 rings (SSSR count). The summed E-state index contributed by atoms with van der Waals surface area (Å²) in [7, 11) is -0.830. The van der Waals surface area contributed by atoms with Gasteiger partial charge in [-0.25, -0.2) is 8.42 Å². The maximum absolute atomic E-state index is 13.0. The van der Waals surface area contributed by atoms with Crippen molar-refractivity contribution in [2.24, 2.45) is 0 Å². The number of piperazine rings is 1. The van der Waals surface area contributed by atoms with Crippen molar-refractivity contribution in [3.63, 3.8) is 0 Å². The lowest BCUT2D eigenvalue weighted by atomic mass is 10.3. The van der Waals surface area contributed by atoms with E-state index in [1.807, 2.05) is 42.3 Å². The molecule has 2 aromatic rings. The first-order valence-electron chi connectivity index (χ1n) is 9.60. The standard InChI is InChI=1S/C20H24N4O6S/c1-21(16-6-4-3-5-7-16)15-20(25)22-10-12-23(13-11-22)31(28,29)17-8-9-19(30-2)18(14-17)24(26)27/h3-9,14H,10-13,15H2,1-2H3. The molecule has 166 valence electrons. The van der Waals surface area contributed by atoms with Crippen molar-refractivity contribution in [3.8, 4) is 5.75 Å². The van der Waals surface area contributed by atoms with E-state index in [0.717, 1.165) is 11.8 Å². The van der Waals surface area contributed by atoms with Gasteiger partial charge >= 0.3 is 5.69 Å². The second kappa shape index (κ2) is 9.31. The van der Waals surface area contributed by atoms with E-state index in [1.165, 1.54) is 23.5 Å². The summed E-state index contributed by atoms with van der Waals surface area (Å²) >= 11 is 0. The van der Waals surface area contributed by atoms with Crippen LogP contribution in [0.3, 0.4) is 0 Å². The number of anilines is 1. The first-order valence-corrected chi connectivity index (χ1v) is 11.0. The van der Waals surface area contributed by atoms with Gasteiger partial charge in [0.25, 0.3) is 0 Å². The van der Waals surface area contributed by atoms with Crippen molar-refractivity contribution >= 4 is 27.3 Å². The number of hydrogen-bond acceptors (Lipinski definition) is 7. The van der Waals surface area contributed by atoms with Crippen LogP contribution >= 0.6 is 0 Å². The topological polar surface area (TPSA) is 113 Å². The second-order valence-electron chi connectivity index (χ2n) is 7.07.